The molecule has 0 bridgehead atoms. The summed E-state index contributed by atoms with van der Waals surface area (Å²) in [4.78, 5) is 11.1. The zero-order valence-corrected chi connectivity index (χ0v) is 10.9. The molecule has 0 atom stereocenters. The number of carbonyl (C=O) groups is 1. The summed E-state index contributed by atoms with van der Waals surface area (Å²) in [5.41, 5.74) is -0.261. The van der Waals surface area contributed by atoms with Crippen LogP contribution in [0.15, 0.2) is 0 Å². The van der Waals surface area contributed by atoms with E-state index in [0.717, 1.165) is 0 Å². The highest BCUT2D eigenvalue weighted by Gasteiger charge is 2.29. The number of nitrogens with one attached hydrogen (secondary N) is 1. The summed E-state index contributed by atoms with van der Waals surface area (Å²) in [6.07, 6.45) is 0.253. The molecule has 1 amide bonds. The molecule has 0 saturated carbocycles. The average molecular weight is 248 g/mol. The highest BCUT2D eigenvalue weighted by atomic mass is 32.2. The molecule has 6 heteroatoms. The fourth-order valence-corrected chi connectivity index (χ4v) is 3.68. The van der Waals surface area contributed by atoms with Gasteiger partial charge in [0.2, 0.25) is 15.9 Å². The zero-order chi connectivity index (χ0) is 12.4. The van der Waals surface area contributed by atoms with Crippen LogP contribution in [0.4, 0.5) is 0 Å². The van der Waals surface area contributed by atoms with Gasteiger partial charge >= 0.3 is 0 Å². The van der Waals surface area contributed by atoms with Gasteiger partial charge in [0, 0.05) is 26.1 Å². The third kappa shape index (κ3) is 4.09. The predicted molar refractivity (Wildman–Crippen MR) is 62.4 cm³/mol. The van der Waals surface area contributed by atoms with Gasteiger partial charge in [-0.25, -0.2) is 8.42 Å². The van der Waals surface area contributed by atoms with E-state index >= 15 is 0 Å². The second-order valence-corrected chi connectivity index (χ2v) is 7.28. The molecular formula is C10H20N2O3S. The van der Waals surface area contributed by atoms with Gasteiger partial charge in [-0.3, -0.25) is 4.79 Å². The van der Waals surface area contributed by atoms with E-state index in [1.165, 1.54) is 4.31 Å². The lowest BCUT2D eigenvalue weighted by atomic mass is 10.0. The molecule has 1 fully saturated rings. The van der Waals surface area contributed by atoms with E-state index in [4.69, 9.17) is 0 Å². The van der Waals surface area contributed by atoms with Crippen LogP contribution in [0.25, 0.3) is 0 Å². The molecule has 1 saturated heterocycles. The molecule has 0 aromatic carbocycles. The van der Waals surface area contributed by atoms with Gasteiger partial charge < -0.3 is 5.32 Å². The lowest BCUT2D eigenvalue weighted by molar-refractivity contribution is -0.120. The average Bonchev–Trinajstić information content (AvgIpc) is 2.25. The molecule has 1 rings (SSSR count). The largest absolute Gasteiger partial charge is 0.355 e. The molecule has 1 aliphatic rings. The molecule has 0 aliphatic carbocycles. The molecule has 1 N–H and O–H groups in total. The number of hydrogen-bond donors (Lipinski definition) is 1. The summed E-state index contributed by atoms with van der Waals surface area (Å²) in [7, 11) is -3.25. The highest BCUT2D eigenvalue weighted by molar-refractivity contribution is 7.89. The van der Waals surface area contributed by atoms with E-state index in [9.17, 15) is 13.2 Å². The molecule has 1 aliphatic heterocycles. The van der Waals surface area contributed by atoms with Crippen molar-refractivity contribution in [3.63, 3.8) is 0 Å². The Hall–Kier alpha value is -0.620. The SMILES string of the molecule is CC(C)(C)CS(=O)(=O)N1CCNC(=O)CC1. The zero-order valence-electron chi connectivity index (χ0n) is 10.1. The van der Waals surface area contributed by atoms with E-state index in [1.807, 2.05) is 20.8 Å². The maximum Gasteiger partial charge on any atom is 0.221 e. The Morgan fingerprint density at radius 1 is 1.31 bits per heavy atom. The number of nitrogens with zero attached hydrogens (tertiary/aromatic N) is 1. The maximum atomic E-state index is 12.0. The number of carbonyl (C=O) groups excluding carboxylic acids is 1. The first-order valence-corrected chi connectivity index (χ1v) is 7.06. The molecule has 94 valence electrons. The Balaban J connectivity index is 2.72. The molecule has 0 spiro atoms. The van der Waals surface area contributed by atoms with Crippen molar-refractivity contribution in [1.29, 1.82) is 0 Å². The van der Waals surface area contributed by atoms with Crippen molar-refractivity contribution in [2.75, 3.05) is 25.4 Å². The lowest BCUT2D eigenvalue weighted by Gasteiger charge is -2.25. The highest BCUT2D eigenvalue weighted by Crippen LogP contribution is 2.19. The van der Waals surface area contributed by atoms with Gasteiger partial charge in [0.25, 0.3) is 0 Å². The summed E-state index contributed by atoms with van der Waals surface area (Å²) in [6, 6.07) is 0. The van der Waals surface area contributed by atoms with Gasteiger partial charge in [0.05, 0.1) is 5.75 Å². The summed E-state index contributed by atoms with van der Waals surface area (Å²) in [5.74, 6) is 0.0437. The Morgan fingerprint density at radius 3 is 2.50 bits per heavy atom. The summed E-state index contributed by atoms with van der Waals surface area (Å²) < 4.78 is 25.5. The second-order valence-electron chi connectivity index (χ2n) is 5.32. The topological polar surface area (TPSA) is 66.5 Å². The van der Waals surface area contributed by atoms with Crippen molar-refractivity contribution in [1.82, 2.24) is 9.62 Å². The van der Waals surface area contributed by atoms with Crippen molar-refractivity contribution >= 4 is 15.9 Å². The molecule has 5 nitrogen and oxygen atoms in total. The van der Waals surface area contributed by atoms with E-state index in [0.29, 0.717) is 19.6 Å². The fraction of sp³-hybridized carbons (Fsp3) is 0.900. The fourth-order valence-electron chi connectivity index (χ4n) is 1.66. The maximum absolute atomic E-state index is 12.0. The number of amides is 1. The Kier molecular flexibility index (Phi) is 3.96. The molecule has 0 radical (unpaired) electrons. The smallest absolute Gasteiger partial charge is 0.221 e. The quantitative estimate of drug-likeness (QED) is 0.758. The summed E-state index contributed by atoms with van der Waals surface area (Å²) in [5, 5.41) is 2.66. The van der Waals surface area contributed by atoms with Crippen molar-refractivity contribution in [2.24, 2.45) is 5.41 Å². The third-order valence-electron chi connectivity index (χ3n) is 2.28. The van der Waals surface area contributed by atoms with Gasteiger partial charge in [-0.2, -0.15) is 4.31 Å². The van der Waals surface area contributed by atoms with Crippen LogP contribution >= 0.6 is 0 Å². The number of rotatable bonds is 2. The first kappa shape index (κ1) is 13.4. The first-order valence-electron chi connectivity index (χ1n) is 5.45. The van der Waals surface area contributed by atoms with Crippen LogP contribution in [0.1, 0.15) is 27.2 Å². The molecule has 16 heavy (non-hydrogen) atoms. The van der Waals surface area contributed by atoms with Crippen LogP contribution in [0.2, 0.25) is 0 Å². The molecule has 0 unspecified atom stereocenters. The molecule has 0 aromatic heterocycles. The normalized spacial score (nSPS) is 20.3. The van der Waals surface area contributed by atoms with Gasteiger partial charge in [-0.1, -0.05) is 20.8 Å². The van der Waals surface area contributed by atoms with Crippen molar-refractivity contribution < 1.29 is 13.2 Å². The van der Waals surface area contributed by atoms with Crippen molar-refractivity contribution in [2.45, 2.75) is 27.2 Å². The van der Waals surface area contributed by atoms with Gasteiger partial charge in [-0.05, 0) is 5.41 Å². The van der Waals surface area contributed by atoms with Crippen LogP contribution in [0.5, 0.6) is 0 Å². The molecule has 1 heterocycles. The van der Waals surface area contributed by atoms with Crippen LogP contribution < -0.4 is 5.32 Å². The minimum Gasteiger partial charge on any atom is -0.355 e. The second kappa shape index (κ2) is 4.71. The lowest BCUT2D eigenvalue weighted by Crippen LogP contribution is -2.39. The number of sulfonamides is 1. The van der Waals surface area contributed by atoms with E-state index in [2.05, 4.69) is 5.32 Å². The standard InChI is InChI=1S/C10H20N2O3S/c1-10(2,3)8-16(14,15)12-6-4-9(13)11-5-7-12/h4-8H2,1-3H3,(H,11,13). The predicted octanol–water partition coefficient (Wildman–Crippen LogP) is 0.184. The van der Waals surface area contributed by atoms with E-state index in [1.54, 1.807) is 0 Å². The summed E-state index contributed by atoms with van der Waals surface area (Å²) in [6.45, 7) is 6.76. The molecular weight excluding hydrogens is 228 g/mol. The Morgan fingerprint density at radius 2 is 1.94 bits per heavy atom. The van der Waals surface area contributed by atoms with Gasteiger partial charge in [-0.15, -0.1) is 0 Å². The van der Waals surface area contributed by atoms with E-state index in [-0.39, 0.29) is 23.5 Å². The first-order chi connectivity index (χ1) is 7.21. The van der Waals surface area contributed by atoms with Crippen LogP contribution in [-0.2, 0) is 14.8 Å². The minimum absolute atomic E-state index is 0.0755. The van der Waals surface area contributed by atoms with E-state index < -0.39 is 10.0 Å². The van der Waals surface area contributed by atoms with Crippen molar-refractivity contribution in [3.05, 3.63) is 0 Å². The number of hydrogen-bond acceptors (Lipinski definition) is 3. The Labute approximate surface area is 97.2 Å². The van der Waals surface area contributed by atoms with Crippen molar-refractivity contribution in [3.8, 4) is 0 Å². The molecule has 0 aromatic rings. The van der Waals surface area contributed by atoms with Gasteiger partial charge in [0.1, 0.15) is 0 Å². The van der Waals surface area contributed by atoms with Crippen LogP contribution in [0.3, 0.4) is 0 Å². The van der Waals surface area contributed by atoms with Crippen LogP contribution in [0, 0.1) is 5.41 Å². The minimum atomic E-state index is -3.25. The summed E-state index contributed by atoms with van der Waals surface area (Å²) >= 11 is 0. The third-order valence-corrected chi connectivity index (χ3v) is 4.66. The Bertz CT molecular complexity index is 357. The van der Waals surface area contributed by atoms with Gasteiger partial charge in [0.15, 0.2) is 0 Å². The monoisotopic (exact) mass is 248 g/mol. The van der Waals surface area contributed by atoms with Crippen LogP contribution in [-0.4, -0.2) is 44.0 Å².